The molecule has 0 aliphatic carbocycles. The maximum atomic E-state index is 12.2. The first-order valence-electron chi connectivity index (χ1n) is 5.35. The molecule has 1 aromatic carbocycles. The van der Waals surface area contributed by atoms with Gasteiger partial charge in [-0.1, -0.05) is 43.1 Å². The van der Waals surface area contributed by atoms with Gasteiger partial charge >= 0.3 is 0 Å². The van der Waals surface area contributed by atoms with E-state index in [9.17, 15) is 4.79 Å². The number of carbonyl (C=O) groups is 1. The predicted molar refractivity (Wildman–Crippen MR) is 69.4 cm³/mol. The third kappa shape index (κ3) is 3.46. The third-order valence-corrected chi connectivity index (χ3v) is 3.02. The lowest BCUT2D eigenvalue weighted by atomic mass is 9.91. The Labute approximate surface area is 111 Å². The van der Waals surface area contributed by atoms with Crippen LogP contribution in [-0.4, -0.2) is 5.78 Å². The maximum absolute atomic E-state index is 12.2. The molecule has 1 atom stereocenters. The van der Waals surface area contributed by atoms with Crippen LogP contribution in [0.5, 0.6) is 0 Å². The molecule has 90 valence electrons. The highest BCUT2D eigenvalue weighted by Gasteiger charge is 2.24. The van der Waals surface area contributed by atoms with Crippen LogP contribution in [0.4, 0.5) is 0 Å². The Morgan fingerprint density at radius 1 is 1.35 bits per heavy atom. The molecule has 0 bridgehead atoms. The predicted octanol–water partition coefficient (Wildman–Crippen LogP) is 4.36. The lowest BCUT2D eigenvalue weighted by Crippen LogP contribution is -2.16. The van der Waals surface area contributed by atoms with Crippen LogP contribution in [-0.2, 0) is 0 Å². The highest BCUT2D eigenvalue weighted by atomic mass is 35.5. The van der Waals surface area contributed by atoms with Crippen molar-refractivity contribution in [3.8, 4) is 6.07 Å². The van der Waals surface area contributed by atoms with Crippen LogP contribution >= 0.6 is 23.2 Å². The molecule has 0 spiro atoms. The minimum Gasteiger partial charge on any atom is -0.293 e. The highest BCUT2D eigenvalue weighted by molar-refractivity contribution is 6.40. The zero-order valence-electron chi connectivity index (χ0n) is 9.71. The van der Waals surface area contributed by atoms with E-state index in [4.69, 9.17) is 28.5 Å². The SMILES string of the molecule is CC(C)CC(C#N)C(=O)c1c(Cl)cccc1Cl. The summed E-state index contributed by atoms with van der Waals surface area (Å²) in [6, 6.07) is 6.89. The van der Waals surface area contributed by atoms with Crippen molar-refractivity contribution >= 4 is 29.0 Å². The Bertz CT molecular complexity index is 443. The van der Waals surface area contributed by atoms with Crippen molar-refractivity contribution in [1.82, 2.24) is 0 Å². The number of rotatable bonds is 4. The van der Waals surface area contributed by atoms with Crippen molar-refractivity contribution in [3.63, 3.8) is 0 Å². The summed E-state index contributed by atoms with van der Waals surface area (Å²) < 4.78 is 0. The summed E-state index contributed by atoms with van der Waals surface area (Å²) in [5.41, 5.74) is 0.253. The quantitative estimate of drug-likeness (QED) is 0.762. The van der Waals surface area contributed by atoms with Gasteiger partial charge in [0, 0.05) is 0 Å². The summed E-state index contributed by atoms with van der Waals surface area (Å²) in [6.45, 7) is 3.93. The van der Waals surface area contributed by atoms with Gasteiger partial charge in [-0.3, -0.25) is 4.79 Å². The molecule has 0 heterocycles. The first kappa shape index (κ1) is 14.0. The number of nitrogens with zero attached hydrogens (tertiary/aromatic N) is 1. The fourth-order valence-corrected chi connectivity index (χ4v) is 2.18. The number of halogens is 2. The highest BCUT2D eigenvalue weighted by Crippen LogP contribution is 2.28. The summed E-state index contributed by atoms with van der Waals surface area (Å²) in [6.07, 6.45) is 0.511. The van der Waals surface area contributed by atoms with Crippen LogP contribution in [0.1, 0.15) is 30.6 Å². The largest absolute Gasteiger partial charge is 0.293 e. The van der Waals surface area contributed by atoms with Gasteiger partial charge in [-0.2, -0.15) is 5.26 Å². The van der Waals surface area contributed by atoms with E-state index < -0.39 is 5.92 Å². The lowest BCUT2D eigenvalue weighted by Gasteiger charge is -2.12. The van der Waals surface area contributed by atoms with Crippen LogP contribution in [0.2, 0.25) is 10.0 Å². The summed E-state index contributed by atoms with van der Waals surface area (Å²) in [5, 5.41) is 9.63. The molecule has 0 fully saturated rings. The van der Waals surface area contributed by atoms with Crippen molar-refractivity contribution in [3.05, 3.63) is 33.8 Å². The molecule has 0 amide bonds. The van der Waals surface area contributed by atoms with Crippen molar-refractivity contribution < 1.29 is 4.79 Å². The molecular formula is C13H13Cl2NO. The van der Waals surface area contributed by atoms with Gasteiger partial charge in [0.05, 0.1) is 21.7 Å². The normalized spacial score (nSPS) is 12.2. The fourth-order valence-electron chi connectivity index (χ4n) is 1.60. The first-order chi connectivity index (χ1) is 7.97. The lowest BCUT2D eigenvalue weighted by molar-refractivity contribution is 0.0937. The van der Waals surface area contributed by atoms with E-state index in [1.165, 1.54) is 0 Å². The van der Waals surface area contributed by atoms with E-state index in [1.807, 2.05) is 19.9 Å². The standard InChI is InChI=1S/C13H13Cl2NO/c1-8(2)6-9(7-16)13(17)12-10(14)4-3-5-11(12)15/h3-5,8-9H,6H2,1-2H3. The second kappa shape index (κ2) is 6.05. The Balaban J connectivity index is 3.07. The zero-order chi connectivity index (χ0) is 13.0. The minimum atomic E-state index is -0.688. The van der Waals surface area contributed by atoms with Crippen LogP contribution in [0.25, 0.3) is 0 Å². The summed E-state index contributed by atoms with van der Waals surface area (Å²) in [7, 11) is 0. The Hall–Kier alpha value is -1.04. The van der Waals surface area contributed by atoms with Gasteiger partial charge in [-0.15, -0.1) is 0 Å². The summed E-state index contributed by atoms with van der Waals surface area (Å²) in [5.74, 6) is -0.714. The number of hydrogen-bond acceptors (Lipinski definition) is 2. The van der Waals surface area contributed by atoms with Crippen molar-refractivity contribution in [2.45, 2.75) is 20.3 Å². The second-order valence-corrected chi connectivity index (χ2v) is 5.09. The number of hydrogen-bond donors (Lipinski definition) is 0. The third-order valence-electron chi connectivity index (χ3n) is 2.39. The van der Waals surface area contributed by atoms with Crippen molar-refractivity contribution in [2.75, 3.05) is 0 Å². The van der Waals surface area contributed by atoms with Crippen LogP contribution in [0.3, 0.4) is 0 Å². The molecule has 0 aliphatic heterocycles. The molecule has 0 aliphatic rings. The molecule has 1 unspecified atom stereocenters. The minimum absolute atomic E-state index is 0.253. The Kier molecular flexibility index (Phi) is 4.99. The van der Waals surface area contributed by atoms with E-state index in [1.54, 1.807) is 18.2 Å². The first-order valence-corrected chi connectivity index (χ1v) is 6.10. The number of nitriles is 1. The van der Waals surface area contributed by atoms with Crippen LogP contribution in [0.15, 0.2) is 18.2 Å². The summed E-state index contributed by atoms with van der Waals surface area (Å²) in [4.78, 5) is 12.2. The maximum Gasteiger partial charge on any atom is 0.182 e. The fraction of sp³-hybridized carbons (Fsp3) is 0.385. The zero-order valence-corrected chi connectivity index (χ0v) is 11.2. The van der Waals surface area contributed by atoms with E-state index in [0.29, 0.717) is 16.5 Å². The Morgan fingerprint density at radius 2 is 1.88 bits per heavy atom. The van der Waals surface area contributed by atoms with Crippen LogP contribution in [0, 0.1) is 23.2 Å². The molecular weight excluding hydrogens is 257 g/mol. The molecule has 0 saturated carbocycles. The van der Waals surface area contributed by atoms with E-state index in [0.717, 1.165) is 0 Å². The molecule has 0 saturated heterocycles. The van der Waals surface area contributed by atoms with E-state index >= 15 is 0 Å². The van der Waals surface area contributed by atoms with Gasteiger partial charge in [0.2, 0.25) is 0 Å². The van der Waals surface area contributed by atoms with Gasteiger partial charge in [-0.25, -0.2) is 0 Å². The van der Waals surface area contributed by atoms with Gasteiger partial charge in [0.1, 0.15) is 5.92 Å². The number of benzene rings is 1. The second-order valence-electron chi connectivity index (χ2n) is 4.27. The van der Waals surface area contributed by atoms with Crippen molar-refractivity contribution in [2.24, 2.45) is 11.8 Å². The van der Waals surface area contributed by atoms with Gasteiger partial charge in [-0.05, 0) is 24.5 Å². The molecule has 2 nitrogen and oxygen atoms in total. The monoisotopic (exact) mass is 269 g/mol. The van der Waals surface area contributed by atoms with Gasteiger partial charge < -0.3 is 0 Å². The molecule has 17 heavy (non-hydrogen) atoms. The number of Topliss-reactive ketones (excluding diaryl/α,β-unsaturated/α-hetero) is 1. The molecule has 1 rings (SSSR count). The van der Waals surface area contributed by atoms with E-state index in [2.05, 4.69) is 0 Å². The molecule has 0 radical (unpaired) electrons. The van der Waals surface area contributed by atoms with Crippen LogP contribution < -0.4 is 0 Å². The Morgan fingerprint density at radius 3 is 2.29 bits per heavy atom. The van der Waals surface area contributed by atoms with Gasteiger partial charge in [0.25, 0.3) is 0 Å². The topological polar surface area (TPSA) is 40.9 Å². The smallest absolute Gasteiger partial charge is 0.182 e. The van der Waals surface area contributed by atoms with E-state index in [-0.39, 0.29) is 17.3 Å². The summed E-state index contributed by atoms with van der Waals surface area (Å²) >= 11 is 11.9. The number of carbonyl (C=O) groups excluding carboxylic acids is 1. The average molecular weight is 270 g/mol. The number of ketones is 1. The molecule has 4 heteroatoms. The van der Waals surface area contributed by atoms with Gasteiger partial charge in [0.15, 0.2) is 5.78 Å². The molecule has 0 aromatic heterocycles. The molecule has 1 aromatic rings. The molecule has 0 N–H and O–H groups in total. The average Bonchev–Trinajstić information content (AvgIpc) is 2.25. The van der Waals surface area contributed by atoms with Crippen molar-refractivity contribution in [1.29, 1.82) is 5.26 Å².